The van der Waals surface area contributed by atoms with Crippen molar-refractivity contribution in [3.05, 3.63) is 57.2 Å². The number of halogens is 1. The molecule has 0 spiro atoms. The van der Waals surface area contributed by atoms with Gasteiger partial charge in [0.25, 0.3) is 0 Å². The van der Waals surface area contributed by atoms with E-state index in [4.69, 9.17) is 20.8 Å². The van der Waals surface area contributed by atoms with Crippen LogP contribution in [0.1, 0.15) is 18.1 Å². The molecule has 9 heteroatoms. The summed E-state index contributed by atoms with van der Waals surface area (Å²) in [4.78, 5) is 28.3. The molecule has 140 valence electrons. The first kappa shape index (κ1) is 18.7. The number of aryl methyl sites for hydroxylation is 1. The first-order chi connectivity index (χ1) is 12.8. The highest BCUT2D eigenvalue weighted by molar-refractivity contribution is 6.32. The number of anilines is 1. The number of aromatic amines is 1. The van der Waals surface area contributed by atoms with E-state index in [2.05, 4.69) is 27.1 Å². The Morgan fingerprint density at radius 1 is 1.44 bits per heavy atom. The average molecular weight is 389 g/mol. The molecular weight excluding hydrogens is 372 g/mol. The van der Waals surface area contributed by atoms with E-state index < -0.39 is 11.5 Å². The molecule has 0 bridgehead atoms. The lowest BCUT2D eigenvalue weighted by atomic mass is 10.0. The fourth-order valence-corrected chi connectivity index (χ4v) is 2.73. The monoisotopic (exact) mass is 388 g/mol. The highest BCUT2D eigenvalue weighted by Crippen LogP contribution is 2.32. The predicted octanol–water partition coefficient (Wildman–Crippen LogP) is 3.01. The van der Waals surface area contributed by atoms with Crippen molar-refractivity contribution in [1.29, 1.82) is 0 Å². The molecule has 0 fully saturated rings. The Morgan fingerprint density at radius 2 is 2.22 bits per heavy atom. The minimum Gasteiger partial charge on any atom is -0.488 e. The van der Waals surface area contributed by atoms with Gasteiger partial charge in [0.05, 0.1) is 17.0 Å². The van der Waals surface area contributed by atoms with E-state index in [-0.39, 0.29) is 17.9 Å². The molecular formula is C18H17ClN4O4. The van der Waals surface area contributed by atoms with Crippen LogP contribution in [0.2, 0.25) is 5.02 Å². The summed E-state index contributed by atoms with van der Waals surface area (Å²) in [6.07, 6.45) is 1.09. The van der Waals surface area contributed by atoms with E-state index in [0.717, 1.165) is 5.57 Å². The number of H-pyrrole nitrogens is 1. The van der Waals surface area contributed by atoms with Gasteiger partial charge >= 0.3 is 5.63 Å². The van der Waals surface area contributed by atoms with E-state index in [0.29, 0.717) is 33.9 Å². The number of amides is 1. The first-order valence-corrected chi connectivity index (χ1v) is 8.41. The second-order valence-corrected chi connectivity index (χ2v) is 6.48. The molecule has 2 heterocycles. The Kier molecular flexibility index (Phi) is 5.27. The summed E-state index contributed by atoms with van der Waals surface area (Å²) in [6.45, 7) is 7.63. The fourth-order valence-electron chi connectivity index (χ4n) is 2.51. The van der Waals surface area contributed by atoms with Crippen molar-refractivity contribution in [2.45, 2.75) is 20.3 Å². The second-order valence-electron chi connectivity index (χ2n) is 6.08. The summed E-state index contributed by atoms with van der Waals surface area (Å²) in [6, 6.07) is 3.22. The Balaban J connectivity index is 1.93. The van der Waals surface area contributed by atoms with Crippen molar-refractivity contribution >= 4 is 34.4 Å². The van der Waals surface area contributed by atoms with Crippen molar-refractivity contribution in [1.82, 2.24) is 15.2 Å². The molecule has 3 rings (SSSR count). The number of ether oxygens (including phenoxy) is 1. The van der Waals surface area contributed by atoms with Crippen molar-refractivity contribution in [2.75, 3.05) is 11.9 Å². The third-order valence-electron chi connectivity index (χ3n) is 3.82. The molecule has 0 unspecified atom stereocenters. The number of hydrogen-bond donors (Lipinski definition) is 2. The van der Waals surface area contributed by atoms with Gasteiger partial charge in [-0.3, -0.25) is 10.1 Å². The maximum Gasteiger partial charge on any atom is 0.340 e. The van der Waals surface area contributed by atoms with Crippen molar-refractivity contribution in [3.8, 4) is 5.75 Å². The van der Waals surface area contributed by atoms with E-state index >= 15 is 0 Å². The first-order valence-electron chi connectivity index (χ1n) is 8.03. The molecule has 2 aromatic heterocycles. The maximum absolute atomic E-state index is 12.4. The average Bonchev–Trinajstić information content (AvgIpc) is 3.10. The Bertz CT molecular complexity index is 1070. The highest BCUT2D eigenvalue weighted by Gasteiger charge is 2.17. The normalized spacial score (nSPS) is 10.8. The number of nitrogens with zero attached hydrogens (tertiary/aromatic N) is 2. The summed E-state index contributed by atoms with van der Waals surface area (Å²) < 4.78 is 10.9. The van der Waals surface area contributed by atoms with Crippen LogP contribution in [-0.2, 0) is 11.2 Å². The van der Waals surface area contributed by atoms with E-state index in [1.165, 1.54) is 6.33 Å². The van der Waals surface area contributed by atoms with Crippen LogP contribution in [0.4, 0.5) is 5.95 Å². The highest BCUT2D eigenvalue weighted by atomic mass is 35.5. The minimum absolute atomic E-state index is 0.170. The number of benzene rings is 1. The zero-order valence-electron chi connectivity index (χ0n) is 14.8. The van der Waals surface area contributed by atoms with Gasteiger partial charge in [-0.15, -0.1) is 0 Å². The van der Waals surface area contributed by atoms with Gasteiger partial charge < -0.3 is 9.15 Å². The molecule has 3 aromatic rings. The quantitative estimate of drug-likeness (QED) is 0.496. The molecule has 2 N–H and O–H groups in total. The van der Waals surface area contributed by atoms with Gasteiger partial charge in [-0.2, -0.15) is 10.1 Å². The second kappa shape index (κ2) is 7.63. The van der Waals surface area contributed by atoms with E-state index in [1.54, 1.807) is 19.1 Å². The number of fused-ring (bicyclic) bond motifs is 1. The predicted molar refractivity (Wildman–Crippen MR) is 101 cm³/mol. The van der Waals surface area contributed by atoms with E-state index in [1.807, 2.05) is 6.92 Å². The molecule has 1 aromatic carbocycles. The topological polar surface area (TPSA) is 110 Å². The molecule has 0 aliphatic heterocycles. The van der Waals surface area contributed by atoms with Crippen molar-refractivity contribution < 1.29 is 13.9 Å². The van der Waals surface area contributed by atoms with Gasteiger partial charge in [0.1, 0.15) is 24.3 Å². The fraction of sp³-hybridized carbons (Fsp3) is 0.222. The molecule has 27 heavy (non-hydrogen) atoms. The van der Waals surface area contributed by atoms with Crippen LogP contribution in [0.25, 0.3) is 11.0 Å². The summed E-state index contributed by atoms with van der Waals surface area (Å²) in [5, 5.41) is 9.67. The number of hydrogen-bond acceptors (Lipinski definition) is 6. The molecule has 0 aliphatic carbocycles. The summed E-state index contributed by atoms with van der Waals surface area (Å²) in [7, 11) is 0. The number of nitrogens with one attached hydrogen (secondary N) is 2. The van der Waals surface area contributed by atoms with Crippen LogP contribution in [0.15, 0.2) is 39.8 Å². The van der Waals surface area contributed by atoms with Crippen LogP contribution in [0.5, 0.6) is 5.75 Å². The minimum atomic E-state index is -0.596. The van der Waals surface area contributed by atoms with Crippen LogP contribution >= 0.6 is 11.6 Å². The molecule has 0 atom stereocenters. The van der Waals surface area contributed by atoms with Crippen LogP contribution in [0.3, 0.4) is 0 Å². The molecule has 0 aliphatic rings. The van der Waals surface area contributed by atoms with Crippen LogP contribution in [0, 0.1) is 6.92 Å². The molecule has 0 saturated heterocycles. The SMILES string of the molecule is C=C(C)COc1cc2oc(=O)c(CC(=O)Nc3ncn[nH]3)c(C)c2cc1Cl. The van der Waals surface area contributed by atoms with Gasteiger partial charge in [0.15, 0.2) is 0 Å². The number of carbonyl (C=O) groups is 1. The zero-order valence-corrected chi connectivity index (χ0v) is 15.5. The molecule has 0 radical (unpaired) electrons. The lowest BCUT2D eigenvalue weighted by Crippen LogP contribution is -2.21. The zero-order chi connectivity index (χ0) is 19.6. The van der Waals surface area contributed by atoms with Crippen LogP contribution in [-0.4, -0.2) is 27.7 Å². The summed E-state index contributed by atoms with van der Waals surface area (Å²) in [5.74, 6) is 0.171. The Morgan fingerprint density at radius 3 is 2.89 bits per heavy atom. The van der Waals surface area contributed by atoms with Gasteiger partial charge in [-0.1, -0.05) is 18.2 Å². The van der Waals surface area contributed by atoms with Gasteiger partial charge in [0.2, 0.25) is 11.9 Å². The Hall–Kier alpha value is -3.13. The Labute approximate surface area is 159 Å². The summed E-state index contributed by atoms with van der Waals surface area (Å²) in [5.41, 5.74) is 1.42. The van der Waals surface area contributed by atoms with Gasteiger partial charge in [-0.25, -0.2) is 9.89 Å². The largest absolute Gasteiger partial charge is 0.488 e. The third-order valence-corrected chi connectivity index (χ3v) is 4.12. The number of aromatic nitrogens is 3. The standard InChI is InChI=1S/C18H17ClN4O4/c1-9(2)7-26-15-6-14-11(4-13(15)19)10(3)12(17(25)27-14)5-16(24)22-18-20-8-21-23-18/h4,6,8H,1,5,7H2,2-3H3,(H2,20,21,22,23,24). The number of rotatable bonds is 6. The molecule has 1 amide bonds. The number of carbonyl (C=O) groups excluding carboxylic acids is 1. The smallest absolute Gasteiger partial charge is 0.340 e. The molecule has 8 nitrogen and oxygen atoms in total. The van der Waals surface area contributed by atoms with Gasteiger partial charge in [0, 0.05) is 11.5 Å². The molecule has 0 saturated carbocycles. The third kappa shape index (κ3) is 4.17. The lowest BCUT2D eigenvalue weighted by molar-refractivity contribution is -0.115. The summed E-state index contributed by atoms with van der Waals surface area (Å²) >= 11 is 6.28. The lowest BCUT2D eigenvalue weighted by Gasteiger charge is -2.11. The van der Waals surface area contributed by atoms with Crippen molar-refractivity contribution in [2.24, 2.45) is 0 Å². The maximum atomic E-state index is 12.4. The van der Waals surface area contributed by atoms with Crippen LogP contribution < -0.4 is 15.7 Å². The van der Waals surface area contributed by atoms with E-state index in [9.17, 15) is 9.59 Å². The van der Waals surface area contributed by atoms with Crippen molar-refractivity contribution in [3.63, 3.8) is 0 Å². The van der Waals surface area contributed by atoms with Gasteiger partial charge in [-0.05, 0) is 31.1 Å².